The van der Waals surface area contributed by atoms with Gasteiger partial charge in [-0.1, -0.05) is 29.8 Å². The molecular formula is C32H31N5O3. The van der Waals surface area contributed by atoms with Crippen LogP contribution in [0.15, 0.2) is 66.9 Å². The van der Waals surface area contributed by atoms with Crippen LogP contribution < -0.4 is 4.74 Å². The van der Waals surface area contributed by atoms with E-state index in [0.29, 0.717) is 37.6 Å². The molecule has 8 heteroatoms. The fraction of sp³-hybridized carbons (Fsp3) is 0.281. The molecule has 0 aliphatic carbocycles. The lowest BCUT2D eigenvalue weighted by Gasteiger charge is -2.27. The normalized spacial score (nSPS) is 14.7. The van der Waals surface area contributed by atoms with Crippen molar-refractivity contribution < 1.29 is 14.3 Å². The fourth-order valence-corrected chi connectivity index (χ4v) is 4.97. The topological polar surface area (TPSA) is 92.0 Å². The zero-order chi connectivity index (χ0) is 27.5. The number of pyridine rings is 3. The summed E-state index contributed by atoms with van der Waals surface area (Å²) in [6.07, 6.45) is 5.13. The highest BCUT2D eigenvalue weighted by Gasteiger charge is 2.22. The lowest BCUT2D eigenvalue weighted by molar-refractivity contribution is -0.0590. The standard InChI is InChI=1S/C32H31N5O3/c1-21-6-7-24(22(2)16-21)20-40-31-5-3-4-28(36-31)23-12-14-33-25(17-23)9-11-30-35-29-10-8-26(19-38)34-32(29)37(30)18-27-13-15-39-27/h3-8,10,12,14,16-17,19,27H,9,11,13,15,18,20H2,1-2H3. The predicted molar refractivity (Wildman–Crippen MR) is 152 cm³/mol. The molecule has 5 aromatic rings. The minimum Gasteiger partial charge on any atom is -0.473 e. The van der Waals surface area contributed by atoms with E-state index in [4.69, 9.17) is 19.4 Å². The number of hydrogen-bond donors (Lipinski definition) is 0. The van der Waals surface area contributed by atoms with Gasteiger partial charge >= 0.3 is 0 Å². The zero-order valence-electron chi connectivity index (χ0n) is 22.7. The number of rotatable bonds is 10. The van der Waals surface area contributed by atoms with Crippen molar-refractivity contribution in [2.45, 2.75) is 52.4 Å². The van der Waals surface area contributed by atoms with E-state index >= 15 is 0 Å². The van der Waals surface area contributed by atoms with Crippen molar-refractivity contribution in [2.75, 3.05) is 6.61 Å². The smallest absolute Gasteiger partial charge is 0.214 e. The molecule has 0 saturated carbocycles. The molecule has 202 valence electrons. The van der Waals surface area contributed by atoms with E-state index in [1.807, 2.05) is 36.5 Å². The molecule has 8 nitrogen and oxygen atoms in total. The third-order valence-electron chi connectivity index (χ3n) is 7.31. The molecule has 0 radical (unpaired) electrons. The van der Waals surface area contributed by atoms with E-state index in [9.17, 15) is 4.79 Å². The molecular weight excluding hydrogens is 502 g/mol. The van der Waals surface area contributed by atoms with E-state index in [-0.39, 0.29) is 6.10 Å². The zero-order valence-corrected chi connectivity index (χ0v) is 22.7. The summed E-state index contributed by atoms with van der Waals surface area (Å²) >= 11 is 0. The van der Waals surface area contributed by atoms with Crippen LogP contribution in [0.25, 0.3) is 22.4 Å². The predicted octanol–water partition coefficient (Wildman–Crippen LogP) is 5.47. The van der Waals surface area contributed by atoms with Crippen LogP contribution in [-0.2, 0) is 30.7 Å². The first-order valence-electron chi connectivity index (χ1n) is 13.6. The van der Waals surface area contributed by atoms with E-state index < -0.39 is 0 Å². The second kappa shape index (κ2) is 11.4. The first-order chi connectivity index (χ1) is 19.6. The van der Waals surface area contributed by atoms with Crippen molar-refractivity contribution in [3.63, 3.8) is 0 Å². The maximum atomic E-state index is 11.3. The van der Waals surface area contributed by atoms with Crippen molar-refractivity contribution in [3.8, 4) is 17.1 Å². The fourth-order valence-electron chi connectivity index (χ4n) is 4.97. The number of fused-ring (bicyclic) bond motifs is 1. The lowest BCUT2D eigenvalue weighted by atomic mass is 10.1. The minimum absolute atomic E-state index is 0.148. The molecule has 0 spiro atoms. The van der Waals surface area contributed by atoms with Gasteiger partial charge in [-0.05, 0) is 68.1 Å². The number of nitrogens with zero attached hydrogens (tertiary/aromatic N) is 5. The maximum absolute atomic E-state index is 11.3. The number of aryl methyl sites for hydroxylation is 4. The van der Waals surface area contributed by atoms with Crippen LogP contribution in [0, 0.1) is 13.8 Å². The van der Waals surface area contributed by atoms with Gasteiger partial charge in [0.05, 0.1) is 18.3 Å². The highest BCUT2D eigenvalue weighted by molar-refractivity contribution is 5.79. The van der Waals surface area contributed by atoms with Gasteiger partial charge in [-0.15, -0.1) is 0 Å². The Balaban J connectivity index is 1.18. The van der Waals surface area contributed by atoms with Crippen LogP contribution >= 0.6 is 0 Å². The van der Waals surface area contributed by atoms with Crippen molar-refractivity contribution in [1.82, 2.24) is 24.5 Å². The van der Waals surface area contributed by atoms with Crippen LogP contribution in [0.3, 0.4) is 0 Å². The third-order valence-corrected chi connectivity index (χ3v) is 7.31. The third kappa shape index (κ3) is 5.62. The molecule has 1 unspecified atom stereocenters. The van der Waals surface area contributed by atoms with Crippen molar-refractivity contribution >= 4 is 17.5 Å². The monoisotopic (exact) mass is 533 g/mol. The molecule has 1 aliphatic heterocycles. The quantitative estimate of drug-likeness (QED) is 0.220. The SMILES string of the molecule is Cc1ccc(COc2cccc(-c3ccnc(CCc4nc5ccc(C=O)nc5n4CC4CCO4)c3)n2)c(C)c1. The van der Waals surface area contributed by atoms with Gasteiger partial charge in [0, 0.05) is 36.5 Å². The Morgan fingerprint density at radius 3 is 2.73 bits per heavy atom. The molecule has 1 aromatic carbocycles. The minimum atomic E-state index is 0.148. The highest BCUT2D eigenvalue weighted by atomic mass is 16.5. The van der Waals surface area contributed by atoms with Gasteiger partial charge in [0.1, 0.15) is 23.6 Å². The number of imidazole rings is 1. The Bertz CT molecular complexity index is 1680. The summed E-state index contributed by atoms with van der Waals surface area (Å²) < 4.78 is 13.8. The average Bonchev–Trinajstić information content (AvgIpc) is 3.30. The van der Waals surface area contributed by atoms with Gasteiger partial charge < -0.3 is 14.0 Å². The number of hydrogen-bond acceptors (Lipinski definition) is 7. The molecule has 0 amide bonds. The highest BCUT2D eigenvalue weighted by Crippen LogP contribution is 2.24. The number of aldehydes is 1. The summed E-state index contributed by atoms with van der Waals surface area (Å²) in [5.41, 5.74) is 8.26. The summed E-state index contributed by atoms with van der Waals surface area (Å²) in [6, 6.07) is 19.8. The van der Waals surface area contributed by atoms with Crippen LogP contribution in [0.2, 0.25) is 0 Å². The molecule has 1 saturated heterocycles. The number of carbonyl (C=O) groups excluding carboxylic acids is 1. The summed E-state index contributed by atoms with van der Waals surface area (Å²) in [7, 11) is 0. The molecule has 0 bridgehead atoms. The molecule has 4 aromatic heterocycles. The van der Waals surface area contributed by atoms with Crippen molar-refractivity contribution in [2.24, 2.45) is 0 Å². The van der Waals surface area contributed by atoms with Gasteiger partial charge in [-0.25, -0.2) is 15.0 Å². The molecule has 5 heterocycles. The van der Waals surface area contributed by atoms with Crippen LogP contribution in [0.4, 0.5) is 0 Å². The lowest BCUT2D eigenvalue weighted by Crippen LogP contribution is -2.32. The van der Waals surface area contributed by atoms with Gasteiger partial charge in [0.2, 0.25) is 5.88 Å². The first-order valence-corrected chi connectivity index (χ1v) is 13.6. The van der Waals surface area contributed by atoms with Gasteiger partial charge in [0.25, 0.3) is 0 Å². The Hall–Kier alpha value is -4.43. The van der Waals surface area contributed by atoms with Crippen LogP contribution in [0.1, 0.15) is 45.1 Å². The second-order valence-corrected chi connectivity index (χ2v) is 10.2. The van der Waals surface area contributed by atoms with Gasteiger partial charge in [-0.3, -0.25) is 9.78 Å². The molecule has 6 rings (SSSR count). The van der Waals surface area contributed by atoms with Gasteiger partial charge in [-0.2, -0.15) is 0 Å². The molecule has 1 fully saturated rings. The van der Waals surface area contributed by atoms with Gasteiger partial charge in [0.15, 0.2) is 11.9 Å². The van der Waals surface area contributed by atoms with E-state index in [1.165, 1.54) is 11.1 Å². The Morgan fingerprint density at radius 2 is 1.93 bits per heavy atom. The van der Waals surface area contributed by atoms with E-state index in [2.05, 4.69) is 52.6 Å². The summed E-state index contributed by atoms with van der Waals surface area (Å²) in [5, 5.41) is 0. The van der Waals surface area contributed by atoms with E-state index in [0.717, 1.165) is 58.8 Å². The Labute approximate surface area is 233 Å². The molecule has 0 N–H and O–H groups in total. The Kier molecular flexibility index (Phi) is 7.33. The number of aromatic nitrogens is 5. The number of carbonyl (C=O) groups is 1. The molecule has 1 aliphatic rings. The maximum Gasteiger partial charge on any atom is 0.214 e. The second-order valence-electron chi connectivity index (χ2n) is 10.2. The van der Waals surface area contributed by atoms with Crippen LogP contribution in [-0.4, -0.2) is 43.5 Å². The number of ether oxygens (including phenoxy) is 2. The van der Waals surface area contributed by atoms with E-state index in [1.54, 1.807) is 6.07 Å². The summed E-state index contributed by atoms with van der Waals surface area (Å²) in [5.74, 6) is 1.50. The van der Waals surface area contributed by atoms with Crippen molar-refractivity contribution in [1.29, 1.82) is 0 Å². The summed E-state index contributed by atoms with van der Waals surface area (Å²) in [4.78, 5) is 30.1. The van der Waals surface area contributed by atoms with Crippen LogP contribution in [0.5, 0.6) is 5.88 Å². The average molecular weight is 534 g/mol. The first kappa shape index (κ1) is 25.8. The number of benzene rings is 1. The largest absolute Gasteiger partial charge is 0.473 e. The molecule has 1 atom stereocenters. The van der Waals surface area contributed by atoms with Crippen molar-refractivity contribution in [3.05, 3.63) is 101 Å². The molecule has 40 heavy (non-hydrogen) atoms. The summed E-state index contributed by atoms with van der Waals surface area (Å²) in [6.45, 7) is 6.12. The Morgan fingerprint density at radius 1 is 1.02 bits per heavy atom.